The lowest BCUT2D eigenvalue weighted by molar-refractivity contribution is 0.717. The zero-order valence-electron chi connectivity index (χ0n) is 11.1. The van der Waals surface area contributed by atoms with E-state index in [0.29, 0.717) is 6.42 Å². The summed E-state index contributed by atoms with van der Waals surface area (Å²) in [5.41, 5.74) is 7.58. The standard InChI is InChI=1S/C14H19N5/c1-18-9-7-12(17-18)11-19(10-8-14(15)16)13-5-3-2-4-6-13/h2-7,9H,8,10-11H2,1H3,(H3,15,16). The van der Waals surface area contributed by atoms with Gasteiger partial charge < -0.3 is 10.6 Å². The summed E-state index contributed by atoms with van der Waals surface area (Å²) in [6.07, 6.45) is 2.49. The van der Waals surface area contributed by atoms with Crippen LogP contribution < -0.4 is 10.6 Å². The second kappa shape index (κ2) is 6.04. The lowest BCUT2D eigenvalue weighted by Crippen LogP contribution is -2.27. The fourth-order valence-corrected chi connectivity index (χ4v) is 1.94. The molecule has 100 valence electrons. The van der Waals surface area contributed by atoms with E-state index in [1.807, 2.05) is 37.5 Å². The van der Waals surface area contributed by atoms with E-state index in [1.165, 1.54) is 0 Å². The van der Waals surface area contributed by atoms with Crippen LogP contribution >= 0.6 is 0 Å². The van der Waals surface area contributed by atoms with Crippen LogP contribution in [0.1, 0.15) is 12.1 Å². The highest BCUT2D eigenvalue weighted by molar-refractivity contribution is 5.77. The molecule has 0 saturated carbocycles. The third-order valence-corrected chi connectivity index (χ3v) is 2.89. The minimum Gasteiger partial charge on any atom is -0.388 e. The molecule has 0 aliphatic heterocycles. The first kappa shape index (κ1) is 13.1. The van der Waals surface area contributed by atoms with Gasteiger partial charge in [-0.1, -0.05) is 18.2 Å². The third kappa shape index (κ3) is 3.84. The van der Waals surface area contributed by atoms with E-state index < -0.39 is 0 Å². The van der Waals surface area contributed by atoms with Crippen LogP contribution in [0.15, 0.2) is 42.6 Å². The predicted molar refractivity (Wildman–Crippen MR) is 77.2 cm³/mol. The maximum Gasteiger partial charge on any atom is 0.0923 e. The number of amidine groups is 1. The molecule has 0 unspecified atom stereocenters. The van der Waals surface area contributed by atoms with E-state index in [2.05, 4.69) is 22.1 Å². The molecule has 0 atom stereocenters. The predicted octanol–water partition coefficient (Wildman–Crippen LogP) is 1.75. The number of hydrogen-bond acceptors (Lipinski definition) is 3. The van der Waals surface area contributed by atoms with E-state index in [0.717, 1.165) is 24.5 Å². The maximum absolute atomic E-state index is 7.37. The highest BCUT2D eigenvalue weighted by atomic mass is 15.3. The van der Waals surface area contributed by atoms with E-state index in [-0.39, 0.29) is 5.84 Å². The van der Waals surface area contributed by atoms with Crippen molar-refractivity contribution in [3.8, 4) is 0 Å². The number of hydrogen-bond donors (Lipinski definition) is 2. The summed E-state index contributed by atoms with van der Waals surface area (Å²) < 4.78 is 1.80. The number of rotatable bonds is 6. The second-order valence-corrected chi connectivity index (χ2v) is 4.51. The Morgan fingerprint density at radius 3 is 2.63 bits per heavy atom. The number of aromatic nitrogens is 2. The van der Waals surface area contributed by atoms with Gasteiger partial charge >= 0.3 is 0 Å². The Kier molecular flexibility index (Phi) is 4.18. The highest BCUT2D eigenvalue weighted by Gasteiger charge is 2.09. The average Bonchev–Trinajstić information content (AvgIpc) is 2.81. The number of nitrogens with one attached hydrogen (secondary N) is 1. The van der Waals surface area contributed by atoms with Crippen LogP contribution in [0.2, 0.25) is 0 Å². The molecule has 0 fully saturated rings. The summed E-state index contributed by atoms with van der Waals surface area (Å²) in [6.45, 7) is 1.44. The van der Waals surface area contributed by atoms with Crippen molar-refractivity contribution in [2.45, 2.75) is 13.0 Å². The molecule has 0 spiro atoms. The first-order valence-electron chi connectivity index (χ1n) is 6.26. The number of benzene rings is 1. The number of anilines is 1. The SMILES string of the molecule is Cn1ccc(CN(CCC(=N)N)c2ccccc2)n1. The summed E-state index contributed by atoms with van der Waals surface area (Å²) in [5, 5.41) is 11.8. The first-order chi connectivity index (χ1) is 9.15. The molecule has 2 rings (SSSR count). The Bertz CT molecular complexity index is 532. The van der Waals surface area contributed by atoms with E-state index in [9.17, 15) is 0 Å². The first-order valence-corrected chi connectivity index (χ1v) is 6.26. The summed E-state index contributed by atoms with van der Waals surface area (Å²) in [5.74, 6) is 0.210. The Labute approximate surface area is 113 Å². The van der Waals surface area contributed by atoms with Crippen LogP contribution in [0.5, 0.6) is 0 Å². The molecule has 0 bridgehead atoms. The smallest absolute Gasteiger partial charge is 0.0923 e. The van der Waals surface area contributed by atoms with E-state index in [4.69, 9.17) is 11.1 Å². The third-order valence-electron chi connectivity index (χ3n) is 2.89. The van der Waals surface area contributed by atoms with Crippen molar-refractivity contribution in [2.75, 3.05) is 11.4 Å². The second-order valence-electron chi connectivity index (χ2n) is 4.51. The molecule has 0 aliphatic carbocycles. The molecule has 1 aromatic heterocycles. The van der Waals surface area contributed by atoms with Gasteiger partial charge in [0.2, 0.25) is 0 Å². The number of para-hydroxylation sites is 1. The molecule has 5 heteroatoms. The summed E-state index contributed by atoms with van der Waals surface area (Å²) in [4.78, 5) is 2.18. The van der Waals surface area contributed by atoms with Crippen molar-refractivity contribution >= 4 is 11.5 Å². The Hall–Kier alpha value is -2.30. The fourth-order valence-electron chi connectivity index (χ4n) is 1.94. The van der Waals surface area contributed by atoms with Gasteiger partial charge in [0, 0.05) is 31.9 Å². The molecule has 5 nitrogen and oxygen atoms in total. The molecule has 1 aromatic carbocycles. The molecule has 3 N–H and O–H groups in total. The van der Waals surface area contributed by atoms with Gasteiger partial charge in [0.25, 0.3) is 0 Å². The van der Waals surface area contributed by atoms with Crippen LogP contribution in [0, 0.1) is 5.41 Å². The number of aryl methyl sites for hydroxylation is 1. The maximum atomic E-state index is 7.37. The minimum absolute atomic E-state index is 0.210. The molecule has 1 heterocycles. The molecular formula is C14H19N5. The quantitative estimate of drug-likeness (QED) is 0.612. The zero-order valence-corrected chi connectivity index (χ0v) is 11.1. The van der Waals surface area contributed by atoms with Gasteiger partial charge in [-0.2, -0.15) is 5.10 Å². The van der Waals surface area contributed by atoms with Crippen molar-refractivity contribution in [1.82, 2.24) is 9.78 Å². The lowest BCUT2D eigenvalue weighted by atomic mass is 10.2. The van der Waals surface area contributed by atoms with Crippen LogP contribution in [-0.4, -0.2) is 22.2 Å². The lowest BCUT2D eigenvalue weighted by Gasteiger charge is -2.23. The van der Waals surface area contributed by atoms with Crippen molar-refractivity contribution in [1.29, 1.82) is 5.41 Å². The fraction of sp³-hybridized carbons (Fsp3) is 0.286. The zero-order chi connectivity index (χ0) is 13.7. The van der Waals surface area contributed by atoms with Crippen LogP contribution in [-0.2, 0) is 13.6 Å². The molecule has 0 aliphatic rings. The van der Waals surface area contributed by atoms with Gasteiger partial charge in [-0.05, 0) is 18.2 Å². The van der Waals surface area contributed by atoms with Crippen molar-refractivity contribution in [3.63, 3.8) is 0 Å². The summed E-state index contributed by atoms with van der Waals surface area (Å²) in [7, 11) is 1.91. The highest BCUT2D eigenvalue weighted by Crippen LogP contribution is 2.16. The molecular weight excluding hydrogens is 238 g/mol. The van der Waals surface area contributed by atoms with Crippen LogP contribution in [0.3, 0.4) is 0 Å². The number of nitrogens with zero attached hydrogens (tertiary/aromatic N) is 3. The Morgan fingerprint density at radius 2 is 2.05 bits per heavy atom. The van der Waals surface area contributed by atoms with Gasteiger partial charge in [0.05, 0.1) is 18.1 Å². The van der Waals surface area contributed by atoms with E-state index >= 15 is 0 Å². The largest absolute Gasteiger partial charge is 0.388 e. The monoisotopic (exact) mass is 257 g/mol. The molecule has 19 heavy (non-hydrogen) atoms. The van der Waals surface area contributed by atoms with Gasteiger partial charge in [-0.3, -0.25) is 10.1 Å². The Morgan fingerprint density at radius 1 is 1.32 bits per heavy atom. The van der Waals surface area contributed by atoms with E-state index in [1.54, 1.807) is 4.68 Å². The molecule has 2 aromatic rings. The molecule has 0 radical (unpaired) electrons. The number of nitrogens with two attached hydrogens (primary N) is 1. The van der Waals surface area contributed by atoms with Crippen LogP contribution in [0.4, 0.5) is 5.69 Å². The van der Waals surface area contributed by atoms with Gasteiger partial charge in [-0.25, -0.2) is 0 Å². The van der Waals surface area contributed by atoms with Crippen molar-refractivity contribution in [3.05, 3.63) is 48.3 Å². The van der Waals surface area contributed by atoms with Crippen molar-refractivity contribution in [2.24, 2.45) is 12.8 Å². The average molecular weight is 257 g/mol. The molecule has 0 saturated heterocycles. The van der Waals surface area contributed by atoms with Crippen LogP contribution in [0.25, 0.3) is 0 Å². The topological polar surface area (TPSA) is 70.9 Å². The molecule has 0 amide bonds. The summed E-state index contributed by atoms with van der Waals surface area (Å²) >= 11 is 0. The van der Waals surface area contributed by atoms with Gasteiger partial charge in [0.1, 0.15) is 0 Å². The van der Waals surface area contributed by atoms with Gasteiger partial charge in [0.15, 0.2) is 0 Å². The minimum atomic E-state index is 0.210. The van der Waals surface area contributed by atoms with Gasteiger partial charge in [-0.15, -0.1) is 0 Å². The normalized spacial score (nSPS) is 10.4. The van der Waals surface area contributed by atoms with Crippen molar-refractivity contribution < 1.29 is 0 Å². The summed E-state index contributed by atoms with van der Waals surface area (Å²) in [6, 6.07) is 12.1. The Balaban J connectivity index is 2.12.